The summed E-state index contributed by atoms with van der Waals surface area (Å²) < 4.78 is 7.72. The van der Waals surface area contributed by atoms with Gasteiger partial charge in [0, 0.05) is 51.4 Å². The van der Waals surface area contributed by atoms with Crippen LogP contribution in [0.1, 0.15) is 19.8 Å². The largest absolute Gasteiger partial charge is 0.493 e. The Morgan fingerprint density at radius 1 is 1.07 bits per heavy atom. The molecule has 0 unspecified atom stereocenters. The first kappa shape index (κ1) is 20.4. The molecule has 1 aromatic heterocycles. The number of carbonyl (C=O) groups is 2. The van der Waals surface area contributed by atoms with Crippen molar-refractivity contribution in [2.24, 2.45) is 17.8 Å². The average molecular weight is 411 g/mol. The highest BCUT2D eigenvalue weighted by atomic mass is 16.5. The lowest BCUT2D eigenvalue weighted by Gasteiger charge is -2.36. The Morgan fingerprint density at radius 2 is 1.83 bits per heavy atom. The molecule has 2 amide bonds. The number of ether oxygens (including phenoxy) is 1. The molecule has 0 radical (unpaired) electrons. The predicted molar refractivity (Wildman–Crippen MR) is 113 cm³/mol. The summed E-state index contributed by atoms with van der Waals surface area (Å²) >= 11 is 0. The fourth-order valence-corrected chi connectivity index (χ4v) is 4.79. The van der Waals surface area contributed by atoms with Crippen molar-refractivity contribution in [2.75, 3.05) is 32.8 Å². The Balaban J connectivity index is 1.33. The standard InChI is InChI=1S/C23H30N4O3/c1-18(28)26-14-20(17-30-21-6-3-2-4-7-21)22(15-26)19-8-12-25(13-9-19)23(29)16-27-11-5-10-24-27/h2-7,10-11,19-20,22H,8-9,12-17H2,1H3/t20-,22-/m0/s1. The van der Waals surface area contributed by atoms with E-state index >= 15 is 0 Å². The van der Waals surface area contributed by atoms with E-state index in [1.807, 2.05) is 52.4 Å². The Bertz CT molecular complexity index is 831. The van der Waals surface area contributed by atoms with Crippen molar-refractivity contribution in [3.05, 3.63) is 48.8 Å². The first-order valence-corrected chi connectivity index (χ1v) is 10.8. The van der Waals surface area contributed by atoms with Crippen LogP contribution in [-0.2, 0) is 16.1 Å². The molecule has 2 aliphatic rings. The van der Waals surface area contributed by atoms with Crippen molar-refractivity contribution in [2.45, 2.75) is 26.3 Å². The Kier molecular flexibility index (Phi) is 6.35. The molecule has 2 fully saturated rings. The zero-order valence-electron chi connectivity index (χ0n) is 17.5. The van der Waals surface area contributed by atoms with Gasteiger partial charge in [-0.1, -0.05) is 18.2 Å². The Morgan fingerprint density at radius 3 is 2.50 bits per heavy atom. The number of amides is 2. The zero-order chi connectivity index (χ0) is 20.9. The molecule has 1 aromatic carbocycles. The lowest BCUT2D eigenvalue weighted by atomic mass is 9.78. The molecule has 2 atom stereocenters. The SMILES string of the molecule is CC(=O)N1C[C@@H](COc2ccccc2)[C@H](C2CCN(C(=O)Cn3cccn3)CC2)C1. The van der Waals surface area contributed by atoms with E-state index in [1.165, 1.54) is 0 Å². The second-order valence-electron chi connectivity index (χ2n) is 8.39. The van der Waals surface area contributed by atoms with Crippen LogP contribution in [0.5, 0.6) is 5.75 Å². The van der Waals surface area contributed by atoms with Crippen LogP contribution in [0.4, 0.5) is 0 Å². The van der Waals surface area contributed by atoms with Crippen LogP contribution >= 0.6 is 0 Å². The van der Waals surface area contributed by atoms with E-state index in [9.17, 15) is 9.59 Å². The van der Waals surface area contributed by atoms with E-state index < -0.39 is 0 Å². The lowest BCUT2D eigenvalue weighted by Crippen LogP contribution is -2.43. The minimum atomic E-state index is 0.123. The van der Waals surface area contributed by atoms with Crippen LogP contribution in [0, 0.1) is 17.8 Å². The van der Waals surface area contributed by atoms with Crippen LogP contribution in [0.25, 0.3) is 0 Å². The average Bonchev–Trinajstić information content (AvgIpc) is 3.43. The second kappa shape index (κ2) is 9.32. The fraction of sp³-hybridized carbons (Fsp3) is 0.522. The van der Waals surface area contributed by atoms with Crippen molar-refractivity contribution in [3.8, 4) is 5.75 Å². The van der Waals surface area contributed by atoms with Crippen molar-refractivity contribution in [3.63, 3.8) is 0 Å². The monoisotopic (exact) mass is 410 g/mol. The number of rotatable bonds is 6. The fourth-order valence-electron chi connectivity index (χ4n) is 4.79. The van der Waals surface area contributed by atoms with Crippen LogP contribution < -0.4 is 4.74 Å². The summed E-state index contributed by atoms with van der Waals surface area (Å²) in [6.07, 6.45) is 5.46. The first-order chi connectivity index (χ1) is 14.6. The van der Waals surface area contributed by atoms with E-state index in [4.69, 9.17) is 4.74 Å². The number of likely N-dealkylation sites (tertiary alicyclic amines) is 2. The molecular weight excluding hydrogens is 380 g/mol. The lowest BCUT2D eigenvalue weighted by molar-refractivity contribution is -0.133. The van der Waals surface area contributed by atoms with Crippen LogP contribution in [0.3, 0.4) is 0 Å². The summed E-state index contributed by atoms with van der Waals surface area (Å²) in [6.45, 7) is 5.66. The number of nitrogens with zero attached hydrogens (tertiary/aromatic N) is 4. The molecule has 0 saturated carbocycles. The van der Waals surface area contributed by atoms with Gasteiger partial charge in [0.25, 0.3) is 0 Å². The molecule has 4 rings (SSSR count). The van der Waals surface area contributed by atoms with Crippen molar-refractivity contribution >= 4 is 11.8 Å². The van der Waals surface area contributed by atoms with Gasteiger partial charge < -0.3 is 14.5 Å². The summed E-state index contributed by atoms with van der Waals surface area (Å²) in [5.74, 6) is 2.38. The molecular formula is C23H30N4O3. The highest BCUT2D eigenvalue weighted by Gasteiger charge is 2.40. The topological polar surface area (TPSA) is 67.7 Å². The summed E-state index contributed by atoms with van der Waals surface area (Å²) in [7, 11) is 0. The molecule has 0 bridgehead atoms. The normalized spacial score (nSPS) is 22.3. The van der Waals surface area contributed by atoms with E-state index in [-0.39, 0.29) is 11.8 Å². The summed E-state index contributed by atoms with van der Waals surface area (Å²) in [5.41, 5.74) is 0. The molecule has 0 spiro atoms. The number of para-hydroxylation sites is 1. The number of benzene rings is 1. The third-order valence-corrected chi connectivity index (χ3v) is 6.50. The number of piperidine rings is 1. The molecule has 0 N–H and O–H groups in total. The van der Waals surface area contributed by atoms with Crippen molar-refractivity contribution < 1.29 is 14.3 Å². The third kappa shape index (κ3) is 4.83. The predicted octanol–water partition coefficient (Wildman–Crippen LogP) is 2.30. The quantitative estimate of drug-likeness (QED) is 0.733. The van der Waals surface area contributed by atoms with E-state index in [2.05, 4.69) is 5.10 Å². The van der Waals surface area contributed by atoms with Gasteiger partial charge in [-0.05, 0) is 42.9 Å². The van der Waals surface area contributed by atoms with Gasteiger partial charge in [-0.25, -0.2) is 0 Å². The Labute approximate surface area is 177 Å². The summed E-state index contributed by atoms with van der Waals surface area (Å²) in [6, 6.07) is 11.7. The number of hydrogen-bond donors (Lipinski definition) is 0. The Hall–Kier alpha value is -2.83. The van der Waals surface area contributed by atoms with E-state index in [0.29, 0.717) is 30.9 Å². The van der Waals surface area contributed by atoms with Gasteiger partial charge in [-0.2, -0.15) is 5.10 Å². The van der Waals surface area contributed by atoms with Gasteiger partial charge in [-0.3, -0.25) is 14.3 Å². The van der Waals surface area contributed by atoms with Crippen LogP contribution in [0.2, 0.25) is 0 Å². The molecule has 3 heterocycles. The van der Waals surface area contributed by atoms with Crippen LogP contribution in [0.15, 0.2) is 48.8 Å². The van der Waals surface area contributed by atoms with Gasteiger partial charge in [0.15, 0.2) is 0 Å². The van der Waals surface area contributed by atoms with Gasteiger partial charge in [-0.15, -0.1) is 0 Å². The minimum absolute atomic E-state index is 0.123. The summed E-state index contributed by atoms with van der Waals surface area (Å²) in [5, 5.41) is 4.13. The minimum Gasteiger partial charge on any atom is -0.493 e. The molecule has 2 aliphatic heterocycles. The third-order valence-electron chi connectivity index (χ3n) is 6.50. The maximum atomic E-state index is 12.6. The highest BCUT2D eigenvalue weighted by molar-refractivity contribution is 5.76. The van der Waals surface area contributed by atoms with E-state index in [0.717, 1.165) is 44.8 Å². The number of hydrogen-bond acceptors (Lipinski definition) is 4. The molecule has 2 saturated heterocycles. The van der Waals surface area contributed by atoms with Crippen molar-refractivity contribution in [1.29, 1.82) is 0 Å². The maximum Gasteiger partial charge on any atom is 0.244 e. The zero-order valence-corrected chi connectivity index (χ0v) is 17.5. The van der Waals surface area contributed by atoms with Gasteiger partial charge in [0.1, 0.15) is 12.3 Å². The number of aromatic nitrogens is 2. The van der Waals surface area contributed by atoms with Gasteiger partial charge in [0.05, 0.1) is 6.61 Å². The van der Waals surface area contributed by atoms with Crippen molar-refractivity contribution in [1.82, 2.24) is 19.6 Å². The molecule has 30 heavy (non-hydrogen) atoms. The maximum absolute atomic E-state index is 12.6. The molecule has 7 heteroatoms. The first-order valence-electron chi connectivity index (χ1n) is 10.8. The smallest absolute Gasteiger partial charge is 0.244 e. The van der Waals surface area contributed by atoms with Gasteiger partial charge >= 0.3 is 0 Å². The van der Waals surface area contributed by atoms with E-state index in [1.54, 1.807) is 17.8 Å². The second-order valence-corrected chi connectivity index (χ2v) is 8.39. The highest BCUT2D eigenvalue weighted by Crippen LogP contribution is 2.36. The molecule has 7 nitrogen and oxygen atoms in total. The molecule has 0 aliphatic carbocycles. The van der Waals surface area contributed by atoms with Crippen LogP contribution in [-0.4, -0.2) is 64.2 Å². The number of carbonyl (C=O) groups excluding carboxylic acids is 2. The molecule has 2 aromatic rings. The molecule has 160 valence electrons. The summed E-state index contributed by atoms with van der Waals surface area (Å²) in [4.78, 5) is 28.5. The van der Waals surface area contributed by atoms with Gasteiger partial charge in [0.2, 0.25) is 11.8 Å².